The van der Waals surface area contributed by atoms with Gasteiger partial charge in [-0.05, 0) is 42.8 Å². The van der Waals surface area contributed by atoms with Crippen molar-refractivity contribution in [2.45, 2.75) is 12.8 Å². The van der Waals surface area contributed by atoms with E-state index in [0.29, 0.717) is 23.9 Å². The highest BCUT2D eigenvalue weighted by molar-refractivity contribution is 9.10. The van der Waals surface area contributed by atoms with Crippen LogP contribution in [0.1, 0.15) is 18.4 Å². The van der Waals surface area contributed by atoms with Crippen molar-refractivity contribution in [3.05, 3.63) is 58.1 Å². The molecule has 1 N–H and O–H groups in total. The fourth-order valence-electron chi connectivity index (χ4n) is 2.79. The van der Waals surface area contributed by atoms with Crippen molar-refractivity contribution >= 4 is 39.1 Å². The molecule has 0 saturated carbocycles. The smallest absolute Gasteiger partial charge is 0.244 e. The molecule has 124 valence electrons. The SMILES string of the molecule is CCN1C(=O)[C@H](C(=O)Nc2ccc(F)cc2F)c2cc(Br)ccc21. The van der Waals surface area contributed by atoms with Crippen molar-refractivity contribution in [1.82, 2.24) is 0 Å². The highest BCUT2D eigenvalue weighted by atomic mass is 79.9. The van der Waals surface area contributed by atoms with E-state index < -0.39 is 23.5 Å². The van der Waals surface area contributed by atoms with Crippen LogP contribution in [0.25, 0.3) is 0 Å². The number of nitrogens with zero attached hydrogens (tertiary/aromatic N) is 1. The van der Waals surface area contributed by atoms with Gasteiger partial charge in [0.15, 0.2) is 0 Å². The van der Waals surface area contributed by atoms with Gasteiger partial charge in [-0.2, -0.15) is 0 Å². The second kappa shape index (κ2) is 6.32. The van der Waals surface area contributed by atoms with Gasteiger partial charge in [-0.25, -0.2) is 8.78 Å². The van der Waals surface area contributed by atoms with Crippen molar-refractivity contribution < 1.29 is 18.4 Å². The molecule has 0 spiro atoms. The summed E-state index contributed by atoms with van der Waals surface area (Å²) in [6, 6.07) is 8.09. The molecule has 2 aromatic carbocycles. The molecular formula is C17H13BrF2N2O2. The lowest BCUT2D eigenvalue weighted by Crippen LogP contribution is -2.33. The van der Waals surface area contributed by atoms with Gasteiger partial charge in [0.05, 0.1) is 5.69 Å². The third kappa shape index (κ3) is 2.80. The molecule has 1 atom stereocenters. The van der Waals surface area contributed by atoms with Crippen LogP contribution in [0.2, 0.25) is 0 Å². The Kier molecular flexibility index (Phi) is 4.36. The highest BCUT2D eigenvalue weighted by Crippen LogP contribution is 2.39. The minimum Gasteiger partial charge on any atom is -0.323 e. The predicted octanol–water partition coefficient (Wildman–Crippen LogP) is 3.82. The van der Waals surface area contributed by atoms with E-state index in [4.69, 9.17) is 0 Å². The van der Waals surface area contributed by atoms with E-state index in [9.17, 15) is 18.4 Å². The lowest BCUT2D eigenvalue weighted by molar-refractivity contribution is -0.126. The summed E-state index contributed by atoms with van der Waals surface area (Å²) in [4.78, 5) is 26.6. The highest BCUT2D eigenvalue weighted by Gasteiger charge is 2.41. The Morgan fingerprint density at radius 3 is 2.67 bits per heavy atom. The topological polar surface area (TPSA) is 49.4 Å². The molecular weight excluding hydrogens is 382 g/mol. The van der Waals surface area contributed by atoms with Crippen LogP contribution in [0.3, 0.4) is 0 Å². The van der Waals surface area contributed by atoms with E-state index in [1.165, 1.54) is 4.90 Å². The standard InChI is InChI=1S/C17H13BrF2N2O2/c1-2-22-14-6-3-9(18)7-11(14)15(17(22)24)16(23)21-13-5-4-10(19)8-12(13)20/h3-8,15H,2H2,1H3,(H,21,23)/t15-/m0/s1. The monoisotopic (exact) mass is 394 g/mol. The molecule has 1 aliphatic rings. The first-order valence-electron chi connectivity index (χ1n) is 7.29. The Labute approximate surface area is 145 Å². The number of anilines is 2. The second-order valence-corrected chi connectivity index (χ2v) is 6.25. The number of benzene rings is 2. The van der Waals surface area contributed by atoms with Crippen LogP contribution in [-0.2, 0) is 9.59 Å². The molecule has 1 aliphatic heterocycles. The van der Waals surface area contributed by atoms with E-state index in [1.54, 1.807) is 18.2 Å². The number of rotatable bonds is 3. The Balaban J connectivity index is 1.95. The number of likely N-dealkylation sites (N-methyl/N-ethyl adjacent to an activating group) is 1. The lowest BCUT2D eigenvalue weighted by Gasteiger charge is -2.15. The van der Waals surface area contributed by atoms with E-state index >= 15 is 0 Å². The van der Waals surface area contributed by atoms with Crippen LogP contribution in [-0.4, -0.2) is 18.4 Å². The maximum absolute atomic E-state index is 13.7. The summed E-state index contributed by atoms with van der Waals surface area (Å²) in [6.07, 6.45) is 0. The summed E-state index contributed by atoms with van der Waals surface area (Å²) in [5.41, 5.74) is 1.04. The number of amides is 2. The Morgan fingerprint density at radius 1 is 1.25 bits per heavy atom. The maximum Gasteiger partial charge on any atom is 0.244 e. The fraction of sp³-hybridized carbons (Fsp3) is 0.176. The zero-order chi connectivity index (χ0) is 17.4. The largest absolute Gasteiger partial charge is 0.323 e. The second-order valence-electron chi connectivity index (χ2n) is 5.33. The summed E-state index contributed by atoms with van der Waals surface area (Å²) < 4.78 is 27.4. The van der Waals surface area contributed by atoms with Gasteiger partial charge in [0.2, 0.25) is 11.8 Å². The van der Waals surface area contributed by atoms with Gasteiger partial charge < -0.3 is 10.2 Å². The van der Waals surface area contributed by atoms with Crippen LogP contribution in [0.15, 0.2) is 40.9 Å². The molecule has 0 aromatic heterocycles. The van der Waals surface area contributed by atoms with Crippen LogP contribution >= 0.6 is 15.9 Å². The number of nitrogens with one attached hydrogen (secondary N) is 1. The molecule has 4 nitrogen and oxygen atoms in total. The minimum absolute atomic E-state index is 0.166. The third-order valence-electron chi connectivity index (χ3n) is 3.87. The average Bonchev–Trinajstić information content (AvgIpc) is 2.80. The van der Waals surface area contributed by atoms with Crippen molar-refractivity contribution in [2.75, 3.05) is 16.8 Å². The molecule has 0 bridgehead atoms. The molecule has 0 saturated heterocycles. The number of carbonyl (C=O) groups excluding carboxylic acids is 2. The predicted molar refractivity (Wildman–Crippen MR) is 89.9 cm³/mol. The molecule has 3 rings (SSSR count). The van der Waals surface area contributed by atoms with Crippen LogP contribution in [0, 0.1) is 11.6 Å². The lowest BCUT2D eigenvalue weighted by atomic mass is 10.00. The fourth-order valence-corrected chi connectivity index (χ4v) is 3.16. The van der Waals surface area contributed by atoms with Crippen molar-refractivity contribution in [3.63, 3.8) is 0 Å². The van der Waals surface area contributed by atoms with Crippen molar-refractivity contribution in [1.29, 1.82) is 0 Å². The summed E-state index contributed by atoms with van der Waals surface area (Å²) in [5, 5.41) is 2.37. The van der Waals surface area contributed by atoms with Gasteiger partial charge in [0, 0.05) is 22.8 Å². The van der Waals surface area contributed by atoms with Gasteiger partial charge in [-0.3, -0.25) is 9.59 Å². The van der Waals surface area contributed by atoms with Crippen LogP contribution < -0.4 is 10.2 Å². The average molecular weight is 395 g/mol. The van der Waals surface area contributed by atoms with Crippen LogP contribution in [0.4, 0.5) is 20.2 Å². The van der Waals surface area contributed by atoms with Crippen LogP contribution in [0.5, 0.6) is 0 Å². The Bertz CT molecular complexity index is 841. The number of hydrogen-bond acceptors (Lipinski definition) is 2. The Morgan fingerprint density at radius 2 is 2.00 bits per heavy atom. The van der Waals surface area contributed by atoms with E-state index in [1.807, 2.05) is 6.92 Å². The van der Waals surface area contributed by atoms with Gasteiger partial charge in [0.1, 0.15) is 17.6 Å². The summed E-state index contributed by atoms with van der Waals surface area (Å²) >= 11 is 3.33. The minimum atomic E-state index is -1.07. The zero-order valence-corrected chi connectivity index (χ0v) is 14.2. The number of hydrogen-bond donors (Lipinski definition) is 1. The molecule has 7 heteroatoms. The van der Waals surface area contributed by atoms with Gasteiger partial charge in [-0.1, -0.05) is 15.9 Å². The Hall–Kier alpha value is -2.28. The van der Waals surface area contributed by atoms with E-state index in [2.05, 4.69) is 21.2 Å². The van der Waals surface area contributed by atoms with Gasteiger partial charge >= 0.3 is 0 Å². The van der Waals surface area contributed by atoms with Gasteiger partial charge in [-0.15, -0.1) is 0 Å². The molecule has 24 heavy (non-hydrogen) atoms. The number of halogens is 3. The molecule has 2 aromatic rings. The first-order valence-corrected chi connectivity index (χ1v) is 8.08. The first-order chi connectivity index (χ1) is 11.4. The third-order valence-corrected chi connectivity index (χ3v) is 4.37. The van der Waals surface area contributed by atoms with E-state index in [-0.39, 0.29) is 11.6 Å². The summed E-state index contributed by atoms with van der Waals surface area (Å²) in [5.74, 6) is -3.72. The normalized spacial score (nSPS) is 16.2. The first kappa shape index (κ1) is 16.6. The zero-order valence-electron chi connectivity index (χ0n) is 12.6. The quantitative estimate of drug-likeness (QED) is 0.804. The summed E-state index contributed by atoms with van der Waals surface area (Å²) in [6.45, 7) is 2.23. The van der Waals surface area contributed by atoms with Crippen molar-refractivity contribution in [2.24, 2.45) is 0 Å². The molecule has 0 fully saturated rings. The molecule has 0 unspecified atom stereocenters. The molecule has 2 amide bonds. The summed E-state index contributed by atoms with van der Waals surface area (Å²) in [7, 11) is 0. The number of fused-ring (bicyclic) bond motifs is 1. The van der Waals surface area contributed by atoms with Gasteiger partial charge in [0.25, 0.3) is 0 Å². The molecule has 0 radical (unpaired) electrons. The number of carbonyl (C=O) groups is 2. The molecule has 0 aliphatic carbocycles. The maximum atomic E-state index is 13.7. The van der Waals surface area contributed by atoms with E-state index in [0.717, 1.165) is 16.6 Å². The van der Waals surface area contributed by atoms with Crippen molar-refractivity contribution in [3.8, 4) is 0 Å². The molecule has 1 heterocycles.